The van der Waals surface area contributed by atoms with E-state index >= 15 is 0 Å². The molecule has 1 aromatic heterocycles. The SMILES string of the molecule is CCCOc1cc(-c2ccc3c(c2)CC[C@H](CNC[C@@H](O)c2cccnc2)O3)ccc1C(=O)O. The van der Waals surface area contributed by atoms with Gasteiger partial charge in [-0.05, 0) is 66.3 Å². The molecule has 1 aliphatic heterocycles. The summed E-state index contributed by atoms with van der Waals surface area (Å²) in [4.78, 5) is 15.6. The van der Waals surface area contributed by atoms with Crippen LogP contribution in [0.15, 0.2) is 60.9 Å². The molecule has 34 heavy (non-hydrogen) atoms. The molecule has 2 heterocycles. The Morgan fingerprint density at radius 1 is 1.24 bits per heavy atom. The van der Waals surface area contributed by atoms with Gasteiger partial charge in [0.2, 0.25) is 0 Å². The molecule has 0 saturated heterocycles. The molecule has 2 atom stereocenters. The fourth-order valence-corrected chi connectivity index (χ4v) is 4.05. The quantitative estimate of drug-likeness (QED) is 0.414. The summed E-state index contributed by atoms with van der Waals surface area (Å²) in [6.45, 7) is 3.54. The number of nitrogens with one attached hydrogen (secondary N) is 1. The van der Waals surface area contributed by atoms with Crippen LogP contribution in [0.4, 0.5) is 0 Å². The van der Waals surface area contributed by atoms with Crippen molar-refractivity contribution in [3.8, 4) is 22.6 Å². The van der Waals surface area contributed by atoms with Crippen LogP contribution in [0.25, 0.3) is 11.1 Å². The van der Waals surface area contributed by atoms with Gasteiger partial charge in [-0.25, -0.2) is 4.79 Å². The predicted octanol–water partition coefficient (Wildman–Crippen LogP) is 4.25. The second kappa shape index (κ2) is 11.1. The number of nitrogens with zero attached hydrogens (tertiary/aromatic N) is 1. The van der Waals surface area contributed by atoms with Crippen LogP contribution < -0.4 is 14.8 Å². The lowest BCUT2D eigenvalue weighted by atomic mass is 9.96. The van der Waals surface area contributed by atoms with Gasteiger partial charge < -0.3 is 25.0 Å². The second-order valence-corrected chi connectivity index (χ2v) is 8.43. The second-order valence-electron chi connectivity index (χ2n) is 8.43. The Morgan fingerprint density at radius 3 is 2.82 bits per heavy atom. The third-order valence-corrected chi connectivity index (χ3v) is 5.88. The van der Waals surface area contributed by atoms with Crippen LogP contribution >= 0.6 is 0 Å². The molecule has 0 fully saturated rings. The van der Waals surface area contributed by atoms with Gasteiger partial charge in [-0.1, -0.05) is 25.1 Å². The lowest BCUT2D eigenvalue weighted by Crippen LogP contribution is -2.36. The van der Waals surface area contributed by atoms with Gasteiger partial charge in [0.25, 0.3) is 0 Å². The monoisotopic (exact) mass is 462 g/mol. The van der Waals surface area contributed by atoms with E-state index in [2.05, 4.69) is 16.4 Å². The Balaban J connectivity index is 1.39. The van der Waals surface area contributed by atoms with Crippen molar-refractivity contribution in [1.29, 1.82) is 0 Å². The molecule has 0 spiro atoms. The first-order valence-electron chi connectivity index (χ1n) is 11.6. The molecule has 0 unspecified atom stereocenters. The lowest BCUT2D eigenvalue weighted by molar-refractivity contribution is 0.0692. The molecule has 0 amide bonds. The number of carboxylic acids is 1. The topological polar surface area (TPSA) is 101 Å². The van der Waals surface area contributed by atoms with Gasteiger partial charge in [0.1, 0.15) is 23.2 Å². The van der Waals surface area contributed by atoms with E-state index in [4.69, 9.17) is 9.47 Å². The van der Waals surface area contributed by atoms with E-state index in [0.717, 1.165) is 47.3 Å². The zero-order valence-electron chi connectivity index (χ0n) is 19.2. The summed E-state index contributed by atoms with van der Waals surface area (Å²) in [6, 6.07) is 14.9. The van der Waals surface area contributed by atoms with Crippen LogP contribution in [0, 0.1) is 0 Å². The zero-order valence-corrected chi connectivity index (χ0v) is 19.2. The van der Waals surface area contributed by atoms with Crippen molar-refractivity contribution in [2.75, 3.05) is 19.7 Å². The maximum absolute atomic E-state index is 11.5. The first-order valence-corrected chi connectivity index (χ1v) is 11.6. The van der Waals surface area contributed by atoms with Gasteiger partial charge in [-0.3, -0.25) is 4.98 Å². The van der Waals surface area contributed by atoms with E-state index in [1.54, 1.807) is 24.5 Å². The Hall–Kier alpha value is -3.42. The van der Waals surface area contributed by atoms with Gasteiger partial charge in [-0.2, -0.15) is 0 Å². The highest BCUT2D eigenvalue weighted by atomic mass is 16.5. The molecular weight excluding hydrogens is 432 g/mol. The van der Waals surface area contributed by atoms with Gasteiger partial charge in [0.15, 0.2) is 0 Å². The van der Waals surface area contributed by atoms with Crippen LogP contribution in [0.2, 0.25) is 0 Å². The number of aromatic carboxylic acids is 1. The van der Waals surface area contributed by atoms with E-state index in [9.17, 15) is 15.0 Å². The number of aliphatic hydroxyl groups excluding tert-OH is 1. The Bertz CT molecular complexity index is 1120. The summed E-state index contributed by atoms with van der Waals surface area (Å²) in [5.74, 6) is 0.253. The molecule has 7 nitrogen and oxygen atoms in total. The molecule has 1 aliphatic rings. The average Bonchev–Trinajstić information content (AvgIpc) is 2.87. The summed E-state index contributed by atoms with van der Waals surface area (Å²) in [5, 5.41) is 23.0. The molecule has 0 bridgehead atoms. The standard InChI is InChI=1S/C27H30N2O5/c1-2-12-33-26-14-19(6-9-23(26)27(31)32)18-7-10-25-20(13-18)5-8-22(34-25)16-29-17-24(30)21-4-3-11-28-15-21/h3-4,6-7,9-11,13-15,22,24,29-30H,2,5,8,12,16-17H2,1H3,(H,31,32)/t22-,24-/m1/s1. The van der Waals surface area contributed by atoms with Gasteiger partial charge in [0, 0.05) is 31.0 Å². The minimum atomic E-state index is -0.996. The largest absolute Gasteiger partial charge is 0.493 e. The number of ether oxygens (including phenoxy) is 2. The molecule has 0 radical (unpaired) electrons. The number of hydrogen-bond acceptors (Lipinski definition) is 6. The minimum absolute atomic E-state index is 0.0309. The lowest BCUT2D eigenvalue weighted by Gasteiger charge is -2.27. The van der Waals surface area contributed by atoms with E-state index in [-0.39, 0.29) is 11.7 Å². The van der Waals surface area contributed by atoms with Crippen molar-refractivity contribution >= 4 is 5.97 Å². The van der Waals surface area contributed by atoms with Gasteiger partial charge >= 0.3 is 5.97 Å². The maximum atomic E-state index is 11.5. The number of carboxylic acid groups (broad SMARTS) is 1. The number of rotatable bonds is 10. The van der Waals surface area contributed by atoms with Gasteiger partial charge in [0.05, 0.1) is 12.7 Å². The molecule has 0 aliphatic carbocycles. The van der Waals surface area contributed by atoms with Crippen LogP contribution in [-0.4, -0.2) is 47.0 Å². The van der Waals surface area contributed by atoms with E-state index in [1.165, 1.54) is 0 Å². The normalized spacial score (nSPS) is 15.8. The number of aromatic nitrogens is 1. The van der Waals surface area contributed by atoms with E-state index in [0.29, 0.717) is 25.4 Å². The van der Waals surface area contributed by atoms with E-state index < -0.39 is 12.1 Å². The van der Waals surface area contributed by atoms with Crippen LogP contribution in [0.1, 0.15) is 47.4 Å². The van der Waals surface area contributed by atoms with E-state index in [1.807, 2.05) is 37.3 Å². The molecule has 4 rings (SSSR count). The summed E-state index contributed by atoms with van der Waals surface area (Å²) < 4.78 is 11.9. The predicted molar refractivity (Wildman–Crippen MR) is 129 cm³/mol. The van der Waals surface area contributed by atoms with Crippen LogP contribution in [0.5, 0.6) is 11.5 Å². The van der Waals surface area contributed by atoms with Crippen molar-refractivity contribution in [2.24, 2.45) is 0 Å². The highest BCUT2D eigenvalue weighted by Gasteiger charge is 2.21. The maximum Gasteiger partial charge on any atom is 0.339 e. The van der Waals surface area contributed by atoms with Crippen molar-refractivity contribution in [3.05, 3.63) is 77.6 Å². The molecule has 3 N–H and O–H groups in total. The molecule has 178 valence electrons. The van der Waals surface area contributed by atoms with Crippen LogP contribution in [0.3, 0.4) is 0 Å². The molecular formula is C27H30N2O5. The number of fused-ring (bicyclic) bond motifs is 1. The third kappa shape index (κ3) is 5.73. The average molecular weight is 463 g/mol. The Labute approximate surface area is 199 Å². The Kier molecular flexibility index (Phi) is 7.77. The summed E-state index contributed by atoms with van der Waals surface area (Å²) in [5.41, 5.74) is 3.99. The smallest absolute Gasteiger partial charge is 0.339 e. The first-order chi connectivity index (χ1) is 16.5. The number of aliphatic hydroxyl groups is 1. The number of aryl methyl sites for hydroxylation is 1. The fourth-order valence-electron chi connectivity index (χ4n) is 4.05. The van der Waals surface area contributed by atoms with Crippen molar-refractivity contribution in [3.63, 3.8) is 0 Å². The number of pyridine rings is 1. The first kappa shape index (κ1) is 23.7. The van der Waals surface area contributed by atoms with Crippen molar-refractivity contribution in [2.45, 2.75) is 38.4 Å². The number of benzene rings is 2. The summed E-state index contributed by atoms with van der Waals surface area (Å²) in [6.07, 6.45) is 5.34. The number of carbonyl (C=O) groups is 1. The fraction of sp³-hybridized carbons (Fsp3) is 0.333. The zero-order chi connectivity index (χ0) is 23.9. The Morgan fingerprint density at radius 2 is 2.06 bits per heavy atom. The summed E-state index contributed by atoms with van der Waals surface area (Å²) in [7, 11) is 0. The van der Waals surface area contributed by atoms with Crippen molar-refractivity contribution in [1.82, 2.24) is 10.3 Å². The molecule has 0 saturated carbocycles. The van der Waals surface area contributed by atoms with Gasteiger partial charge in [-0.15, -0.1) is 0 Å². The van der Waals surface area contributed by atoms with Crippen LogP contribution in [-0.2, 0) is 6.42 Å². The minimum Gasteiger partial charge on any atom is -0.493 e. The highest BCUT2D eigenvalue weighted by Crippen LogP contribution is 2.34. The molecule has 2 aromatic carbocycles. The molecule has 7 heteroatoms. The summed E-state index contributed by atoms with van der Waals surface area (Å²) >= 11 is 0. The third-order valence-electron chi connectivity index (χ3n) is 5.88. The van der Waals surface area contributed by atoms with Crippen molar-refractivity contribution < 1.29 is 24.5 Å². The highest BCUT2D eigenvalue weighted by molar-refractivity contribution is 5.92. The number of hydrogen-bond donors (Lipinski definition) is 3. The molecule has 3 aromatic rings.